The lowest BCUT2D eigenvalue weighted by Crippen LogP contribution is -2.30. The molecule has 80 heavy (non-hydrogen) atoms. The van der Waals surface area contributed by atoms with Gasteiger partial charge in [0.15, 0.2) is 6.10 Å². The third-order valence-electron chi connectivity index (χ3n) is 13.5. The van der Waals surface area contributed by atoms with Gasteiger partial charge in [-0.2, -0.15) is 0 Å². The van der Waals surface area contributed by atoms with E-state index in [-0.39, 0.29) is 25.9 Å². The summed E-state index contributed by atoms with van der Waals surface area (Å²) in [6.45, 7) is 4.41. The molecule has 0 aromatic carbocycles. The second-order valence-electron chi connectivity index (χ2n) is 21.2. The third-order valence-corrected chi connectivity index (χ3v) is 14.4. The number of aliphatic hydroxyl groups is 1. The number of carbonyl (C=O) groups is 3. The van der Waals surface area contributed by atoms with Crippen LogP contribution in [0.5, 0.6) is 0 Å². The largest absolute Gasteiger partial charge is 0.472 e. The molecule has 3 unspecified atom stereocenters. The lowest BCUT2D eigenvalue weighted by molar-refractivity contribution is -0.161. The Kier molecular flexibility index (Phi) is 58.7. The van der Waals surface area contributed by atoms with E-state index in [0.717, 1.165) is 122 Å². The van der Waals surface area contributed by atoms with Gasteiger partial charge in [0.25, 0.3) is 0 Å². The van der Waals surface area contributed by atoms with E-state index in [1.807, 2.05) is 0 Å². The fraction of sp³-hybridized carbons (Fsp3) is 0.721. The first-order chi connectivity index (χ1) is 39.2. The van der Waals surface area contributed by atoms with Crippen molar-refractivity contribution in [3.63, 3.8) is 0 Å². The van der Waals surface area contributed by atoms with E-state index in [4.69, 9.17) is 23.3 Å². The molecule has 0 bridgehead atoms. The Morgan fingerprint density at radius 1 is 0.362 bits per heavy atom. The van der Waals surface area contributed by atoms with Gasteiger partial charge in [-0.1, -0.05) is 240 Å². The molecule has 0 aliphatic carbocycles. The average molecular weight is 1140 g/mol. The molecule has 0 aliphatic heterocycles. The highest BCUT2D eigenvalue weighted by atomic mass is 31.2. The van der Waals surface area contributed by atoms with E-state index in [9.17, 15) is 28.9 Å². The highest BCUT2D eigenvalue weighted by Crippen LogP contribution is 2.43. The second kappa shape index (κ2) is 61.5. The van der Waals surface area contributed by atoms with Crippen LogP contribution in [0.25, 0.3) is 0 Å². The molecule has 0 radical (unpaired) electrons. The minimum absolute atomic E-state index is 0.145. The van der Waals surface area contributed by atoms with Crippen LogP contribution >= 0.6 is 7.82 Å². The number of aliphatic hydroxyl groups excluding tert-OH is 1. The fourth-order valence-electron chi connectivity index (χ4n) is 8.65. The number of phosphoric ester groups is 1. The number of ether oxygens (including phenoxy) is 3. The van der Waals surface area contributed by atoms with Crippen molar-refractivity contribution in [2.24, 2.45) is 0 Å². The van der Waals surface area contributed by atoms with E-state index in [0.29, 0.717) is 19.3 Å². The molecule has 2 N–H and O–H groups in total. The number of unbranched alkanes of at least 4 members (excludes halogenated alkanes) is 26. The molecule has 0 saturated carbocycles. The number of hydrogen-bond donors (Lipinski definition) is 2. The molecular weight excluding hydrogens is 1020 g/mol. The Morgan fingerprint density at radius 2 is 0.650 bits per heavy atom. The standard InChI is InChI=1S/C68H117O11P/c1-4-7-10-13-16-19-22-25-28-31-32-35-38-41-44-47-50-53-56-59-68(72)79-65(61-75-66(70)57-54-51-48-45-42-39-36-33-29-26-23-20-17-14-11-8-5-2)63-77-80(73,74)76-62-64(60-69)78-67(71)58-55-52-49-46-43-40-37-34-30-27-24-21-18-15-12-9-6-3/h8-9,11-12,17-18,20-21,25-30,37,40,64-65,69H,4-7,10,13-16,19,22-24,31-36,38-39,41-63H2,1-3H3,(H,73,74)/b11-8-,12-9-,20-17-,21-18-,28-25-,29-26-,30-27-,40-37-. The van der Waals surface area contributed by atoms with E-state index >= 15 is 0 Å². The van der Waals surface area contributed by atoms with Crippen molar-refractivity contribution in [3.8, 4) is 0 Å². The van der Waals surface area contributed by atoms with Gasteiger partial charge in [-0.15, -0.1) is 0 Å². The lowest BCUT2D eigenvalue weighted by Gasteiger charge is -2.21. The molecule has 0 rings (SSSR count). The Bertz CT molecular complexity index is 1710. The SMILES string of the molecule is CC/C=C\C/C=C\C/C=C\C/C=C\CCCCCCC(=O)OC(CO)COP(=O)(O)OCC(COC(=O)CCCCCCCCC/C=C\C/C=C\C/C=C\CC)OC(=O)CCCCCCCCCCC/C=C\CCCCCCCC. The van der Waals surface area contributed by atoms with Crippen molar-refractivity contribution in [2.45, 2.75) is 290 Å². The Morgan fingerprint density at radius 3 is 1.01 bits per heavy atom. The van der Waals surface area contributed by atoms with Crippen LogP contribution in [0.2, 0.25) is 0 Å². The number of rotatable bonds is 59. The van der Waals surface area contributed by atoms with Crippen LogP contribution in [0, 0.1) is 0 Å². The van der Waals surface area contributed by atoms with Crippen molar-refractivity contribution in [2.75, 3.05) is 26.4 Å². The maximum absolute atomic E-state index is 13.0. The monoisotopic (exact) mass is 1140 g/mol. The van der Waals surface area contributed by atoms with Crippen LogP contribution in [0.1, 0.15) is 278 Å². The second-order valence-corrected chi connectivity index (χ2v) is 22.6. The molecule has 0 saturated heterocycles. The van der Waals surface area contributed by atoms with Gasteiger partial charge in [-0.05, 0) is 116 Å². The summed E-state index contributed by atoms with van der Waals surface area (Å²) in [5, 5.41) is 9.85. The van der Waals surface area contributed by atoms with Gasteiger partial charge in [0, 0.05) is 19.3 Å². The summed E-state index contributed by atoms with van der Waals surface area (Å²) in [5.41, 5.74) is 0. The van der Waals surface area contributed by atoms with Gasteiger partial charge in [0.2, 0.25) is 0 Å². The van der Waals surface area contributed by atoms with Crippen molar-refractivity contribution in [3.05, 3.63) is 97.2 Å². The summed E-state index contributed by atoms with van der Waals surface area (Å²) in [6, 6.07) is 0. The van der Waals surface area contributed by atoms with Crippen LogP contribution in [-0.2, 0) is 42.2 Å². The molecule has 0 fully saturated rings. The summed E-state index contributed by atoms with van der Waals surface area (Å²) in [5.74, 6) is -1.50. The van der Waals surface area contributed by atoms with Crippen LogP contribution in [0.3, 0.4) is 0 Å². The third kappa shape index (κ3) is 59.0. The van der Waals surface area contributed by atoms with E-state index in [2.05, 4.69) is 118 Å². The molecule has 0 aromatic heterocycles. The Hall–Kier alpha value is -3.60. The molecule has 0 aromatic rings. The zero-order valence-electron chi connectivity index (χ0n) is 51.0. The van der Waals surface area contributed by atoms with Crippen molar-refractivity contribution in [1.82, 2.24) is 0 Å². The summed E-state index contributed by atoms with van der Waals surface area (Å²) in [6.07, 6.45) is 73.5. The predicted molar refractivity (Wildman–Crippen MR) is 334 cm³/mol. The molecule has 11 nitrogen and oxygen atoms in total. The molecule has 0 amide bonds. The summed E-state index contributed by atoms with van der Waals surface area (Å²) >= 11 is 0. The lowest BCUT2D eigenvalue weighted by atomic mass is 10.1. The van der Waals surface area contributed by atoms with Crippen molar-refractivity contribution < 1.29 is 52.2 Å². The van der Waals surface area contributed by atoms with Gasteiger partial charge >= 0.3 is 25.7 Å². The minimum Gasteiger partial charge on any atom is -0.462 e. The van der Waals surface area contributed by atoms with Crippen molar-refractivity contribution >= 4 is 25.7 Å². The van der Waals surface area contributed by atoms with E-state index in [1.54, 1.807) is 0 Å². The van der Waals surface area contributed by atoms with Crippen LogP contribution < -0.4 is 0 Å². The maximum atomic E-state index is 13.0. The molecular formula is C68H117O11P. The minimum atomic E-state index is -4.77. The molecule has 0 aliphatic rings. The van der Waals surface area contributed by atoms with Crippen LogP contribution in [0.4, 0.5) is 0 Å². The van der Waals surface area contributed by atoms with Gasteiger partial charge in [-0.25, -0.2) is 4.57 Å². The first kappa shape index (κ1) is 76.4. The Balaban J connectivity index is 4.74. The normalized spacial score (nSPS) is 13.9. The molecule has 460 valence electrons. The quantitative estimate of drug-likeness (QED) is 0.0197. The topological polar surface area (TPSA) is 155 Å². The number of hydrogen-bond acceptors (Lipinski definition) is 10. The molecule has 0 spiro atoms. The van der Waals surface area contributed by atoms with Gasteiger partial charge in [0.1, 0.15) is 12.7 Å². The summed E-state index contributed by atoms with van der Waals surface area (Å²) in [4.78, 5) is 48.8. The van der Waals surface area contributed by atoms with E-state index in [1.165, 1.54) is 96.3 Å². The van der Waals surface area contributed by atoms with E-state index < -0.39 is 57.8 Å². The average Bonchev–Trinajstić information content (AvgIpc) is 3.45. The fourth-order valence-corrected chi connectivity index (χ4v) is 9.44. The van der Waals surface area contributed by atoms with Crippen LogP contribution in [0.15, 0.2) is 97.2 Å². The zero-order chi connectivity index (χ0) is 58.3. The molecule has 0 heterocycles. The maximum Gasteiger partial charge on any atom is 0.472 e. The first-order valence-corrected chi connectivity index (χ1v) is 33.6. The number of allylic oxidation sites excluding steroid dienone is 16. The first-order valence-electron chi connectivity index (χ1n) is 32.1. The number of carbonyl (C=O) groups excluding carboxylic acids is 3. The van der Waals surface area contributed by atoms with Crippen molar-refractivity contribution in [1.29, 1.82) is 0 Å². The predicted octanol–water partition coefficient (Wildman–Crippen LogP) is 19.6. The zero-order valence-corrected chi connectivity index (χ0v) is 51.9. The molecule has 12 heteroatoms. The van der Waals surface area contributed by atoms with Gasteiger partial charge in [-0.3, -0.25) is 23.4 Å². The molecule has 3 atom stereocenters. The highest BCUT2D eigenvalue weighted by molar-refractivity contribution is 7.47. The summed E-state index contributed by atoms with van der Waals surface area (Å²) < 4.78 is 39.7. The number of esters is 3. The number of phosphoric acid groups is 1. The van der Waals surface area contributed by atoms with Gasteiger partial charge < -0.3 is 24.2 Å². The Labute approximate surface area is 489 Å². The highest BCUT2D eigenvalue weighted by Gasteiger charge is 2.28. The van der Waals surface area contributed by atoms with Crippen LogP contribution in [-0.4, -0.2) is 66.5 Å². The van der Waals surface area contributed by atoms with Gasteiger partial charge in [0.05, 0.1) is 19.8 Å². The smallest absolute Gasteiger partial charge is 0.462 e. The summed E-state index contributed by atoms with van der Waals surface area (Å²) in [7, 11) is -4.77.